The van der Waals surface area contributed by atoms with E-state index in [1.54, 1.807) is 29.2 Å². The minimum Gasteiger partial charge on any atom is -0.487 e. The van der Waals surface area contributed by atoms with Gasteiger partial charge in [-0.15, -0.1) is 0 Å². The van der Waals surface area contributed by atoms with Crippen LogP contribution in [0.15, 0.2) is 77.2 Å². The number of oxazole rings is 1. The minimum atomic E-state index is -0.898. The Hall–Kier alpha value is -4.70. The number of anilines is 1. The molecule has 0 N–H and O–H groups in total. The topological polar surface area (TPSA) is 96.4 Å². The number of rotatable bonds is 7. The molecule has 0 fully saturated rings. The molecule has 0 saturated heterocycles. The molecule has 7 nitrogen and oxygen atoms in total. The average Bonchev–Trinajstić information content (AvgIpc) is 3.51. The van der Waals surface area contributed by atoms with Gasteiger partial charge in [0.15, 0.2) is 0 Å². The zero-order chi connectivity index (χ0) is 26.9. The molecule has 0 spiro atoms. The van der Waals surface area contributed by atoms with Gasteiger partial charge in [0.05, 0.1) is 23.1 Å². The third-order valence-electron chi connectivity index (χ3n) is 7.01. The lowest BCUT2D eigenvalue weighted by molar-refractivity contribution is -0.124. The summed E-state index contributed by atoms with van der Waals surface area (Å²) in [7, 11) is 0. The lowest BCUT2D eigenvalue weighted by Crippen LogP contribution is -2.47. The normalized spacial score (nSPS) is 14.6. The molecule has 7 heteroatoms. The van der Waals surface area contributed by atoms with Crippen molar-refractivity contribution < 1.29 is 18.7 Å². The maximum atomic E-state index is 13.8. The van der Waals surface area contributed by atoms with Gasteiger partial charge in [-0.25, -0.2) is 4.98 Å². The number of aromatic nitrogens is 1. The van der Waals surface area contributed by atoms with E-state index in [-0.39, 0.29) is 12.5 Å². The molecule has 0 aliphatic carbocycles. The number of aldehydes is 1. The molecule has 4 aromatic rings. The summed E-state index contributed by atoms with van der Waals surface area (Å²) in [6.07, 6.45) is 1.37. The second kappa shape index (κ2) is 9.98. The second-order valence-corrected chi connectivity index (χ2v) is 9.86. The van der Waals surface area contributed by atoms with Gasteiger partial charge in [0.1, 0.15) is 30.1 Å². The van der Waals surface area contributed by atoms with Crippen LogP contribution in [0.25, 0.3) is 11.5 Å². The van der Waals surface area contributed by atoms with Crippen LogP contribution in [-0.4, -0.2) is 23.2 Å². The minimum absolute atomic E-state index is 0.142. The summed E-state index contributed by atoms with van der Waals surface area (Å²) in [5, 5.41) is 9.00. The summed E-state index contributed by atoms with van der Waals surface area (Å²) in [5.74, 6) is 1.56. The molecule has 190 valence electrons. The summed E-state index contributed by atoms with van der Waals surface area (Å²) in [4.78, 5) is 31.8. The van der Waals surface area contributed by atoms with E-state index in [0.717, 1.165) is 28.7 Å². The summed E-state index contributed by atoms with van der Waals surface area (Å²) in [6, 6.07) is 23.7. The average molecular weight is 506 g/mol. The van der Waals surface area contributed by atoms with Crippen LogP contribution < -0.4 is 9.64 Å². The summed E-state index contributed by atoms with van der Waals surface area (Å²) < 4.78 is 11.9. The van der Waals surface area contributed by atoms with Crippen LogP contribution in [0.5, 0.6) is 5.75 Å². The molecule has 1 atom stereocenters. The summed E-state index contributed by atoms with van der Waals surface area (Å²) >= 11 is 0. The van der Waals surface area contributed by atoms with Crippen LogP contribution in [-0.2, 0) is 28.0 Å². The second-order valence-electron chi connectivity index (χ2n) is 9.86. The van der Waals surface area contributed by atoms with Crippen LogP contribution in [0.2, 0.25) is 0 Å². The van der Waals surface area contributed by atoms with E-state index in [0.29, 0.717) is 35.1 Å². The van der Waals surface area contributed by atoms with Crippen molar-refractivity contribution in [3.8, 4) is 23.3 Å². The van der Waals surface area contributed by atoms with Crippen LogP contribution in [0, 0.1) is 18.3 Å². The molecule has 1 amide bonds. The maximum Gasteiger partial charge on any atom is 0.237 e. The quantitative estimate of drug-likeness (QED) is 0.306. The molecule has 2 heterocycles. The van der Waals surface area contributed by atoms with Gasteiger partial charge < -0.3 is 18.8 Å². The number of ether oxygens (including phenoxy) is 1. The molecule has 0 unspecified atom stereocenters. The highest BCUT2D eigenvalue weighted by Gasteiger charge is 2.41. The smallest absolute Gasteiger partial charge is 0.237 e. The number of nitriles is 1. The number of para-hydroxylation sites is 1. The van der Waals surface area contributed by atoms with Crippen molar-refractivity contribution in [3.63, 3.8) is 0 Å². The molecular weight excluding hydrogens is 478 g/mol. The fraction of sp³-hybridized carbons (Fsp3) is 0.226. The molecule has 0 radical (unpaired) electrons. The first-order valence-corrected chi connectivity index (χ1v) is 12.4. The fourth-order valence-electron chi connectivity index (χ4n) is 4.71. The van der Waals surface area contributed by atoms with Gasteiger partial charge in [0.2, 0.25) is 11.8 Å². The fourth-order valence-corrected chi connectivity index (χ4v) is 4.71. The first-order valence-electron chi connectivity index (χ1n) is 12.4. The van der Waals surface area contributed by atoms with Crippen molar-refractivity contribution >= 4 is 17.9 Å². The zero-order valence-electron chi connectivity index (χ0n) is 21.5. The number of amides is 1. The Morgan fingerprint density at radius 3 is 2.66 bits per heavy atom. The Labute approximate surface area is 221 Å². The monoisotopic (exact) mass is 505 g/mol. The number of fused-ring (bicyclic) bond motifs is 1. The van der Waals surface area contributed by atoms with Crippen LogP contribution in [0.4, 0.5) is 5.69 Å². The van der Waals surface area contributed by atoms with Gasteiger partial charge in [-0.1, -0.05) is 30.3 Å². The lowest BCUT2D eigenvalue weighted by atomic mass is 9.82. The van der Waals surface area contributed by atoms with Crippen LogP contribution in [0.1, 0.15) is 42.0 Å². The van der Waals surface area contributed by atoms with E-state index >= 15 is 0 Å². The van der Waals surface area contributed by atoms with E-state index in [9.17, 15) is 9.59 Å². The van der Waals surface area contributed by atoms with Crippen molar-refractivity contribution in [3.05, 3.63) is 101 Å². The van der Waals surface area contributed by atoms with Gasteiger partial charge in [0.25, 0.3) is 0 Å². The molecule has 1 aliphatic heterocycles. The Morgan fingerprint density at radius 2 is 1.92 bits per heavy atom. The number of hydrogen-bond donors (Lipinski definition) is 0. The molecule has 0 saturated carbocycles. The zero-order valence-corrected chi connectivity index (χ0v) is 21.5. The predicted octanol–water partition coefficient (Wildman–Crippen LogP) is 5.54. The third-order valence-corrected chi connectivity index (χ3v) is 7.01. The van der Waals surface area contributed by atoms with Crippen molar-refractivity contribution in [1.82, 2.24) is 4.98 Å². The van der Waals surface area contributed by atoms with Gasteiger partial charge in [-0.2, -0.15) is 5.26 Å². The highest BCUT2D eigenvalue weighted by atomic mass is 16.5. The highest BCUT2D eigenvalue weighted by Crippen LogP contribution is 2.37. The van der Waals surface area contributed by atoms with Crippen molar-refractivity contribution in [2.45, 2.75) is 45.3 Å². The molecule has 5 rings (SSSR count). The Bertz CT molecular complexity index is 1550. The first kappa shape index (κ1) is 25.0. The van der Waals surface area contributed by atoms with Gasteiger partial charge in [-0.3, -0.25) is 4.79 Å². The van der Waals surface area contributed by atoms with Gasteiger partial charge in [0, 0.05) is 17.7 Å². The van der Waals surface area contributed by atoms with Crippen molar-refractivity contribution in [2.24, 2.45) is 0 Å². The van der Waals surface area contributed by atoms with Crippen LogP contribution >= 0.6 is 0 Å². The molecule has 3 aromatic carbocycles. The first-order chi connectivity index (χ1) is 18.3. The number of nitrogens with zero attached hydrogens (tertiary/aromatic N) is 3. The predicted molar refractivity (Wildman–Crippen MR) is 143 cm³/mol. The van der Waals surface area contributed by atoms with E-state index in [1.165, 1.54) is 0 Å². The van der Waals surface area contributed by atoms with E-state index in [4.69, 9.17) is 14.4 Å². The number of carbonyl (C=O) groups is 2. The van der Waals surface area contributed by atoms with Gasteiger partial charge >= 0.3 is 0 Å². The van der Waals surface area contributed by atoms with Crippen molar-refractivity contribution in [1.29, 1.82) is 5.26 Å². The standard InChI is InChI=1S/C31H27N3O4/c1-20-27(33-29(38-20)22-13-11-21(17-32)12-14-22)19-37-26-9-6-8-24(16-26)31(2,3)30(36)34-25(18-35)15-23-7-4-5-10-28(23)34/h4-14,16,18,25H,15,19H2,1-3H3/t25-/m1/s1. The molecule has 1 aromatic heterocycles. The lowest BCUT2D eigenvalue weighted by Gasteiger charge is -2.32. The molecule has 0 bridgehead atoms. The summed E-state index contributed by atoms with van der Waals surface area (Å²) in [5.41, 5.74) is 3.67. The Balaban J connectivity index is 1.34. The van der Waals surface area contributed by atoms with Gasteiger partial charge in [-0.05, 0) is 74.4 Å². The number of aryl methyl sites for hydroxylation is 1. The largest absolute Gasteiger partial charge is 0.487 e. The van der Waals surface area contributed by atoms with Crippen LogP contribution in [0.3, 0.4) is 0 Å². The van der Waals surface area contributed by atoms with E-state index in [1.807, 2.05) is 69.3 Å². The molecule has 1 aliphatic rings. The third kappa shape index (κ3) is 4.57. The van der Waals surface area contributed by atoms with E-state index < -0.39 is 11.5 Å². The Kier molecular flexibility index (Phi) is 6.56. The number of carbonyl (C=O) groups excluding carboxylic acids is 2. The molecular formula is C31H27N3O4. The van der Waals surface area contributed by atoms with Crippen molar-refractivity contribution in [2.75, 3.05) is 4.90 Å². The van der Waals surface area contributed by atoms with E-state index in [2.05, 4.69) is 11.1 Å². The maximum absolute atomic E-state index is 13.8. The molecule has 38 heavy (non-hydrogen) atoms. The SMILES string of the molecule is Cc1oc(-c2ccc(C#N)cc2)nc1COc1cccc(C(C)(C)C(=O)N2c3ccccc3C[C@@H]2C=O)c1. The Morgan fingerprint density at radius 1 is 1.16 bits per heavy atom. The number of benzene rings is 3. The highest BCUT2D eigenvalue weighted by molar-refractivity contribution is 6.05. The summed E-state index contributed by atoms with van der Waals surface area (Å²) in [6.45, 7) is 5.75. The number of hydrogen-bond acceptors (Lipinski definition) is 6.